The molecule has 3 N–H and O–H groups in total. The van der Waals surface area contributed by atoms with Gasteiger partial charge in [-0.2, -0.15) is 0 Å². The SMILES string of the molecule is Nc1cccc(Cl)c1C(=O)Nc1ccccn1. The number of nitrogens with one attached hydrogen (secondary N) is 1. The Kier molecular flexibility index (Phi) is 3.25. The molecule has 0 aliphatic carbocycles. The Hall–Kier alpha value is -2.07. The third-order valence-corrected chi connectivity index (χ3v) is 2.49. The molecule has 0 spiro atoms. The molecular weight excluding hydrogens is 238 g/mol. The minimum Gasteiger partial charge on any atom is -0.398 e. The van der Waals surface area contributed by atoms with Crippen LogP contribution in [0, 0.1) is 0 Å². The molecule has 86 valence electrons. The van der Waals surface area contributed by atoms with Gasteiger partial charge in [-0.3, -0.25) is 4.79 Å². The average molecular weight is 248 g/mol. The highest BCUT2D eigenvalue weighted by molar-refractivity contribution is 6.35. The first-order valence-corrected chi connectivity index (χ1v) is 5.32. The van der Waals surface area contributed by atoms with Crippen LogP contribution in [-0.2, 0) is 0 Å². The first-order chi connectivity index (χ1) is 8.18. The van der Waals surface area contributed by atoms with E-state index in [0.29, 0.717) is 16.5 Å². The molecule has 1 aromatic heterocycles. The summed E-state index contributed by atoms with van der Waals surface area (Å²) in [6.07, 6.45) is 1.59. The second kappa shape index (κ2) is 4.84. The lowest BCUT2D eigenvalue weighted by atomic mass is 10.1. The summed E-state index contributed by atoms with van der Waals surface area (Å²) in [6, 6.07) is 10.2. The van der Waals surface area contributed by atoms with E-state index in [1.54, 1.807) is 42.6 Å². The highest BCUT2D eigenvalue weighted by Crippen LogP contribution is 2.22. The first-order valence-electron chi connectivity index (χ1n) is 4.95. The summed E-state index contributed by atoms with van der Waals surface area (Å²) < 4.78 is 0. The average Bonchev–Trinajstić information content (AvgIpc) is 2.30. The molecule has 0 atom stereocenters. The van der Waals surface area contributed by atoms with E-state index in [2.05, 4.69) is 10.3 Å². The zero-order chi connectivity index (χ0) is 12.3. The second-order valence-electron chi connectivity index (χ2n) is 3.37. The number of benzene rings is 1. The van der Waals surface area contributed by atoms with Gasteiger partial charge in [-0.25, -0.2) is 4.98 Å². The van der Waals surface area contributed by atoms with E-state index in [-0.39, 0.29) is 11.5 Å². The van der Waals surface area contributed by atoms with Gasteiger partial charge in [-0.15, -0.1) is 0 Å². The molecule has 0 bridgehead atoms. The van der Waals surface area contributed by atoms with Crippen molar-refractivity contribution >= 4 is 29.0 Å². The summed E-state index contributed by atoms with van der Waals surface area (Å²) >= 11 is 5.93. The maximum absolute atomic E-state index is 11.9. The van der Waals surface area contributed by atoms with Crippen molar-refractivity contribution in [2.75, 3.05) is 11.1 Å². The number of pyridine rings is 1. The predicted octanol–water partition coefficient (Wildman–Crippen LogP) is 2.57. The summed E-state index contributed by atoms with van der Waals surface area (Å²) in [4.78, 5) is 15.9. The van der Waals surface area contributed by atoms with E-state index in [1.807, 2.05) is 0 Å². The molecule has 0 unspecified atom stereocenters. The number of hydrogen-bond donors (Lipinski definition) is 2. The molecule has 0 saturated heterocycles. The van der Waals surface area contributed by atoms with E-state index in [4.69, 9.17) is 17.3 Å². The molecular formula is C12H10ClN3O. The van der Waals surface area contributed by atoms with Crippen LogP contribution < -0.4 is 11.1 Å². The topological polar surface area (TPSA) is 68.0 Å². The molecule has 0 aliphatic heterocycles. The number of nitrogens with two attached hydrogens (primary N) is 1. The Labute approximate surface area is 103 Å². The van der Waals surface area contributed by atoms with Crippen molar-refractivity contribution in [2.45, 2.75) is 0 Å². The predicted molar refractivity (Wildman–Crippen MR) is 68.1 cm³/mol. The van der Waals surface area contributed by atoms with Gasteiger partial charge in [0.15, 0.2) is 0 Å². The maximum Gasteiger partial charge on any atom is 0.260 e. The van der Waals surface area contributed by atoms with Gasteiger partial charge in [0.25, 0.3) is 5.91 Å². The number of aromatic nitrogens is 1. The van der Waals surface area contributed by atoms with Gasteiger partial charge in [-0.1, -0.05) is 23.7 Å². The third-order valence-electron chi connectivity index (χ3n) is 2.18. The highest BCUT2D eigenvalue weighted by atomic mass is 35.5. The fourth-order valence-electron chi connectivity index (χ4n) is 1.40. The molecule has 1 aromatic carbocycles. The van der Waals surface area contributed by atoms with Crippen molar-refractivity contribution in [3.8, 4) is 0 Å². The highest BCUT2D eigenvalue weighted by Gasteiger charge is 2.13. The number of nitrogen functional groups attached to an aromatic ring is 1. The number of carbonyl (C=O) groups is 1. The Morgan fingerprint density at radius 2 is 2.06 bits per heavy atom. The largest absolute Gasteiger partial charge is 0.398 e. The maximum atomic E-state index is 11.9. The van der Waals surface area contributed by atoms with Crippen LogP contribution in [0.1, 0.15) is 10.4 Å². The molecule has 0 radical (unpaired) electrons. The molecule has 17 heavy (non-hydrogen) atoms. The minimum atomic E-state index is -0.369. The van der Waals surface area contributed by atoms with Gasteiger partial charge < -0.3 is 11.1 Å². The van der Waals surface area contributed by atoms with Gasteiger partial charge in [0.05, 0.1) is 10.6 Å². The van der Waals surface area contributed by atoms with Crippen molar-refractivity contribution in [1.29, 1.82) is 0 Å². The summed E-state index contributed by atoms with van der Waals surface area (Å²) in [5, 5.41) is 2.94. The van der Waals surface area contributed by atoms with E-state index < -0.39 is 0 Å². The Morgan fingerprint density at radius 3 is 2.71 bits per heavy atom. The minimum absolute atomic E-state index is 0.264. The lowest BCUT2D eigenvalue weighted by molar-refractivity contribution is 0.102. The number of halogens is 1. The van der Waals surface area contributed by atoms with Crippen molar-refractivity contribution in [3.05, 3.63) is 53.2 Å². The molecule has 5 heteroatoms. The normalized spacial score (nSPS) is 9.94. The summed E-state index contributed by atoms with van der Waals surface area (Å²) in [5.41, 5.74) is 6.31. The number of rotatable bonds is 2. The van der Waals surface area contributed by atoms with Gasteiger partial charge in [-0.05, 0) is 24.3 Å². The molecule has 4 nitrogen and oxygen atoms in total. The number of hydrogen-bond acceptors (Lipinski definition) is 3. The molecule has 2 aromatic rings. The smallest absolute Gasteiger partial charge is 0.260 e. The van der Waals surface area contributed by atoms with E-state index in [0.717, 1.165) is 0 Å². The van der Waals surface area contributed by atoms with Crippen molar-refractivity contribution in [2.24, 2.45) is 0 Å². The van der Waals surface area contributed by atoms with Gasteiger partial charge >= 0.3 is 0 Å². The molecule has 2 rings (SSSR count). The zero-order valence-electron chi connectivity index (χ0n) is 8.85. The molecule has 0 fully saturated rings. The van der Waals surface area contributed by atoms with Gasteiger partial charge in [0.2, 0.25) is 0 Å². The van der Waals surface area contributed by atoms with Crippen molar-refractivity contribution < 1.29 is 4.79 Å². The van der Waals surface area contributed by atoms with E-state index >= 15 is 0 Å². The number of anilines is 2. The number of carbonyl (C=O) groups excluding carboxylic acids is 1. The summed E-state index contributed by atoms with van der Waals surface area (Å²) in [5.74, 6) is 0.0867. The Balaban J connectivity index is 2.27. The third kappa shape index (κ3) is 2.54. The van der Waals surface area contributed by atoms with Crippen LogP contribution in [0.3, 0.4) is 0 Å². The molecule has 1 heterocycles. The lowest BCUT2D eigenvalue weighted by Crippen LogP contribution is -2.15. The fourth-order valence-corrected chi connectivity index (χ4v) is 1.66. The summed E-state index contributed by atoms with van der Waals surface area (Å²) in [7, 11) is 0. The first kappa shape index (κ1) is 11.4. The van der Waals surface area contributed by atoms with Crippen LogP contribution in [0.4, 0.5) is 11.5 Å². The summed E-state index contributed by atoms with van der Waals surface area (Å²) in [6.45, 7) is 0. The van der Waals surface area contributed by atoms with Crippen molar-refractivity contribution in [3.63, 3.8) is 0 Å². The Morgan fingerprint density at radius 1 is 1.24 bits per heavy atom. The van der Waals surface area contributed by atoms with E-state index in [1.165, 1.54) is 0 Å². The zero-order valence-corrected chi connectivity index (χ0v) is 9.61. The molecule has 0 aliphatic rings. The van der Waals surface area contributed by atoms with Crippen LogP contribution in [0.25, 0.3) is 0 Å². The van der Waals surface area contributed by atoms with E-state index in [9.17, 15) is 4.79 Å². The van der Waals surface area contributed by atoms with Crippen LogP contribution in [0.2, 0.25) is 5.02 Å². The molecule has 1 amide bonds. The van der Waals surface area contributed by atoms with Crippen LogP contribution >= 0.6 is 11.6 Å². The van der Waals surface area contributed by atoms with Crippen LogP contribution in [0.5, 0.6) is 0 Å². The van der Waals surface area contributed by atoms with Crippen LogP contribution in [0.15, 0.2) is 42.6 Å². The lowest BCUT2D eigenvalue weighted by Gasteiger charge is -2.08. The molecule has 0 saturated carbocycles. The second-order valence-corrected chi connectivity index (χ2v) is 3.78. The quantitative estimate of drug-likeness (QED) is 0.802. The number of nitrogens with zero attached hydrogens (tertiary/aromatic N) is 1. The Bertz CT molecular complexity index is 522. The monoisotopic (exact) mass is 247 g/mol. The van der Waals surface area contributed by atoms with Gasteiger partial charge in [0, 0.05) is 11.9 Å². The van der Waals surface area contributed by atoms with Crippen LogP contribution in [-0.4, -0.2) is 10.9 Å². The number of amides is 1. The van der Waals surface area contributed by atoms with Crippen molar-refractivity contribution in [1.82, 2.24) is 4.98 Å². The fraction of sp³-hybridized carbons (Fsp3) is 0. The standard InChI is InChI=1S/C12H10ClN3O/c13-8-4-3-5-9(14)11(8)12(17)16-10-6-1-2-7-15-10/h1-7H,14H2,(H,15,16,17). The van der Waals surface area contributed by atoms with Gasteiger partial charge in [0.1, 0.15) is 5.82 Å².